The second kappa shape index (κ2) is 7.31. The van der Waals surface area contributed by atoms with E-state index in [0.717, 1.165) is 32.4 Å². The normalized spacial score (nSPS) is 16.3. The summed E-state index contributed by atoms with van der Waals surface area (Å²) in [5.74, 6) is 0.0216. The Hall–Kier alpha value is -1.75. The average Bonchev–Trinajstić information content (AvgIpc) is 2.47. The van der Waals surface area contributed by atoms with Gasteiger partial charge in [0.25, 0.3) is 0 Å². The molecular weight excluding hydrogens is 290 g/mol. The van der Waals surface area contributed by atoms with E-state index < -0.39 is 12.1 Å². The zero-order chi connectivity index (χ0) is 15.2. The third-order valence-corrected chi connectivity index (χ3v) is 4.03. The molecule has 0 saturated carbocycles. The molecule has 1 saturated heterocycles. The molecule has 1 aromatic rings. The van der Waals surface area contributed by atoms with Gasteiger partial charge in [-0.15, -0.1) is 0 Å². The monoisotopic (exact) mass is 309 g/mol. The van der Waals surface area contributed by atoms with E-state index in [2.05, 4.69) is 5.32 Å². The van der Waals surface area contributed by atoms with Gasteiger partial charge in [-0.1, -0.05) is 29.8 Å². The highest BCUT2D eigenvalue weighted by Gasteiger charge is 2.23. The molecule has 0 aliphatic carbocycles. The van der Waals surface area contributed by atoms with Gasteiger partial charge in [-0.05, 0) is 30.9 Å². The zero-order valence-corrected chi connectivity index (χ0v) is 12.6. The lowest BCUT2D eigenvalue weighted by Gasteiger charge is -2.29. The summed E-state index contributed by atoms with van der Waals surface area (Å²) in [6.45, 7) is 1.56. The van der Waals surface area contributed by atoms with Crippen LogP contribution in [0.1, 0.15) is 37.3 Å². The number of likely N-dealkylation sites (tertiary alicyclic amines) is 1. The van der Waals surface area contributed by atoms with E-state index in [0.29, 0.717) is 10.6 Å². The number of piperidine rings is 1. The van der Waals surface area contributed by atoms with Crippen LogP contribution in [0, 0.1) is 0 Å². The summed E-state index contributed by atoms with van der Waals surface area (Å²) in [4.78, 5) is 25.4. The molecule has 1 aliphatic heterocycles. The minimum atomic E-state index is -0.661. The smallest absolute Gasteiger partial charge is 0.312 e. The summed E-state index contributed by atoms with van der Waals surface area (Å²) >= 11 is 6.15. The van der Waals surface area contributed by atoms with Crippen molar-refractivity contribution in [3.63, 3.8) is 0 Å². The van der Waals surface area contributed by atoms with Crippen molar-refractivity contribution in [1.82, 2.24) is 10.2 Å². The molecule has 0 aromatic heterocycles. The lowest BCUT2D eigenvalue weighted by atomic mass is 10.0. The van der Waals surface area contributed by atoms with Gasteiger partial charge in [0.05, 0.1) is 12.5 Å². The number of amides is 3. The van der Waals surface area contributed by atoms with Crippen LogP contribution in [0.4, 0.5) is 4.79 Å². The van der Waals surface area contributed by atoms with E-state index in [1.54, 1.807) is 18.2 Å². The van der Waals surface area contributed by atoms with Crippen LogP contribution in [0.2, 0.25) is 5.02 Å². The topological polar surface area (TPSA) is 75.4 Å². The summed E-state index contributed by atoms with van der Waals surface area (Å²) in [5.41, 5.74) is 5.93. The molecule has 0 radical (unpaired) electrons. The van der Waals surface area contributed by atoms with Crippen LogP contribution in [0.25, 0.3) is 0 Å². The van der Waals surface area contributed by atoms with Crippen molar-refractivity contribution in [2.45, 2.75) is 31.7 Å². The Morgan fingerprint density at radius 3 is 2.52 bits per heavy atom. The van der Waals surface area contributed by atoms with Crippen LogP contribution in [0.5, 0.6) is 0 Å². The van der Waals surface area contributed by atoms with E-state index in [1.807, 2.05) is 11.0 Å². The summed E-state index contributed by atoms with van der Waals surface area (Å²) in [6.07, 6.45) is 3.40. The first-order chi connectivity index (χ1) is 10.1. The molecule has 1 atom stereocenters. The molecule has 3 N–H and O–H groups in total. The molecule has 1 heterocycles. The van der Waals surface area contributed by atoms with Gasteiger partial charge in [-0.3, -0.25) is 4.79 Å². The second-order valence-electron chi connectivity index (χ2n) is 5.23. The standard InChI is InChI=1S/C15H20ClN3O2/c16-12-7-3-2-6-11(12)13(18-15(17)21)10-14(20)19-8-4-1-5-9-19/h2-3,6-7,13H,1,4-5,8-10H2,(H3,17,18,21). The van der Waals surface area contributed by atoms with Crippen molar-refractivity contribution in [3.8, 4) is 0 Å². The van der Waals surface area contributed by atoms with Crippen LogP contribution in [0.15, 0.2) is 24.3 Å². The number of rotatable bonds is 4. The number of nitrogens with two attached hydrogens (primary N) is 1. The molecule has 6 heteroatoms. The number of primary amides is 1. The minimum Gasteiger partial charge on any atom is -0.352 e. The van der Waals surface area contributed by atoms with Crippen LogP contribution in [-0.4, -0.2) is 29.9 Å². The Morgan fingerprint density at radius 1 is 1.24 bits per heavy atom. The molecule has 21 heavy (non-hydrogen) atoms. The zero-order valence-electron chi connectivity index (χ0n) is 11.8. The predicted molar refractivity (Wildman–Crippen MR) is 82.0 cm³/mol. The molecular formula is C15H20ClN3O2. The van der Waals surface area contributed by atoms with Crippen LogP contribution >= 0.6 is 11.6 Å². The quantitative estimate of drug-likeness (QED) is 0.896. The highest BCUT2D eigenvalue weighted by Crippen LogP contribution is 2.26. The number of nitrogens with zero attached hydrogens (tertiary/aromatic N) is 1. The van der Waals surface area contributed by atoms with Crippen LogP contribution in [-0.2, 0) is 4.79 Å². The summed E-state index contributed by atoms with van der Waals surface area (Å²) in [7, 11) is 0. The molecule has 1 aliphatic rings. The molecule has 1 aromatic carbocycles. The third kappa shape index (κ3) is 4.36. The molecule has 1 unspecified atom stereocenters. The van der Waals surface area contributed by atoms with Crippen molar-refractivity contribution in [2.24, 2.45) is 5.73 Å². The van der Waals surface area contributed by atoms with E-state index in [-0.39, 0.29) is 12.3 Å². The van der Waals surface area contributed by atoms with Crippen LogP contribution in [0.3, 0.4) is 0 Å². The Kier molecular flexibility index (Phi) is 5.44. The number of hydrogen-bond acceptors (Lipinski definition) is 2. The van der Waals surface area contributed by atoms with Gasteiger partial charge in [-0.2, -0.15) is 0 Å². The number of carbonyl (C=O) groups excluding carboxylic acids is 2. The number of nitrogens with one attached hydrogen (secondary N) is 1. The minimum absolute atomic E-state index is 0.0216. The molecule has 5 nitrogen and oxygen atoms in total. The predicted octanol–water partition coefficient (Wildman–Crippen LogP) is 2.45. The lowest BCUT2D eigenvalue weighted by Crippen LogP contribution is -2.40. The van der Waals surface area contributed by atoms with Crippen LogP contribution < -0.4 is 11.1 Å². The van der Waals surface area contributed by atoms with Gasteiger partial charge in [0.2, 0.25) is 5.91 Å². The van der Waals surface area contributed by atoms with Gasteiger partial charge in [0.1, 0.15) is 0 Å². The van der Waals surface area contributed by atoms with E-state index >= 15 is 0 Å². The number of hydrogen-bond donors (Lipinski definition) is 2. The largest absolute Gasteiger partial charge is 0.352 e. The van der Waals surface area contributed by atoms with Gasteiger partial charge >= 0.3 is 6.03 Å². The summed E-state index contributed by atoms with van der Waals surface area (Å²) < 4.78 is 0. The summed E-state index contributed by atoms with van der Waals surface area (Å²) in [6, 6.07) is 6.00. The molecule has 2 rings (SSSR count). The highest BCUT2D eigenvalue weighted by atomic mass is 35.5. The first-order valence-electron chi connectivity index (χ1n) is 7.16. The Morgan fingerprint density at radius 2 is 1.90 bits per heavy atom. The lowest BCUT2D eigenvalue weighted by molar-refractivity contribution is -0.132. The van der Waals surface area contributed by atoms with Crippen molar-refractivity contribution in [1.29, 1.82) is 0 Å². The Balaban J connectivity index is 2.11. The third-order valence-electron chi connectivity index (χ3n) is 3.68. The first-order valence-corrected chi connectivity index (χ1v) is 7.54. The average molecular weight is 310 g/mol. The SMILES string of the molecule is NC(=O)NC(CC(=O)N1CCCCC1)c1ccccc1Cl. The van der Waals surface area contributed by atoms with Gasteiger partial charge in [-0.25, -0.2) is 4.79 Å². The maximum Gasteiger partial charge on any atom is 0.312 e. The van der Waals surface area contributed by atoms with Gasteiger partial charge in [0, 0.05) is 18.1 Å². The second-order valence-corrected chi connectivity index (χ2v) is 5.64. The first kappa shape index (κ1) is 15.6. The van der Waals surface area contributed by atoms with E-state index in [9.17, 15) is 9.59 Å². The molecule has 0 bridgehead atoms. The molecule has 0 spiro atoms. The number of benzene rings is 1. The Labute approximate surface area is 129 Å². The van der Waals surface area contributed by atoms with Crippen molar-refractivity contribution in [2.75, 3.05) is 13.1 Å². The van der Waals surface area contributed by atoms with E-state index in [1.165, 1.54) is 0 Å². The van der Waals surface area contributed by atoms with Crippen molar-refractivity contribution >= 4 is 23.5 Å². The van der Waals surface area contributed by atoms with Crippen molar-refractivity contribution < 1.29 is 9.59 Å². The van der Waals surface area contributed by atoms with Crippen molar-refractivity contribution in [3.05, 3.63) is 34.9 Å². The maximum absolute atomic E-state index is 12.4. The maximum atomic E-state index is 12.4. The number of urea groups is 1. The molecule has 114 valence electrons. The number of halogens is 1. The molecule has 3 amide bonds. The molecule has 1 fully saturated rings. The van der Waals surface area contributed by atoms with E-state index in [4.69, 9.17) is 17.3 Å². The highest BCUT2D eigenvalue weighted by molar-refractivity contribution is 6.31. The van der Waals surface area contributed by atoms with Gasteiger partial charge < -0.3 is 16.0 Å². The fourth-order valence-electron chi connectivity index (χ4n) is 2.62. The fraction of sp³-hybridized carbons (Fsp3) is 0.467. The van der Waals surface area contributed by atoms with Gasteiger partial charge in [0.15, 0.2) is 0 Å². The number of carbonyl (C=O) groups is 2. The Bertz CT molecular complexity index is 515. The summed E-state index contributed by atoms with van der Waals surface area (Å²) in [5, 5.41) is 3.13. The fourth-order valence-corrected chi connectivity index (χ4v) is 2.88.